The summed E-state index contributed by atoms with van der Waals surface area (Å²) in [5, 5.41) is 5.94. The maximum Gasteiger partial charge on any atom is 0.270 e. The van der Waals surface area contributed by atoms with Crippen molar-refractivity contribution in [3.05, 3.63) is 78.1 Å². The van der Waals surface area contributed by atoms with Gasteiger partial charge in [-0.2, -0.15) is 0 Å². The van der Waals surface area contributed by atoms with E-state index in [1.54, 1.807) is 19.4 Å². The number of nitrogens with zero attached hydrogens (tertiary/aromatic N) is 2. The molecule has 29 heavy (non-hydrogen) atoms. The fraction of sp³-hybridized carbons (Fsp3) is 0.227. The number of methoxy groups -OCH3 is 1. The topological polar surface area (TPSA) is 85.4 Å². The number of amides is 1. The van der Waals surface area contributed by atoms with Gasteiger partial charge < -0.3 is 20.1 Å². The van der Waals surface area contributed by atoms with E-state index in [-0.39, 0.29) is 5.91 Å². The highest BCUT2D eigenvalue weighted by atomic mass is 16.5. The van der Waals surface area contributed by atoms with Crippen LogP contribution in [-0.2, 0) is 6.42 Å². The summed E-state index contributed by atoms with van der Waals surface area (Å²) in [6.07, 6.45) is 2.33. The Morgan fingerprint density at radius 1 is 0.966 bits per heavy atom. The maximum atomic E-state index is 12.3. The van der Waals surface area contributed by atoms with Crippen LogP contribution in [0.1, 0.15) is 16.1 Å². The van der Waals surface area contributed by atoms with Crippen molar-refractivity contribution in [2.45, 2.75) is 6.42 Å². The normalized spacial score (nSPS) is 10.2. The molecule has 0 aliphatic rings. The third kappa shape index (κ3) is 6.49. The lowest BCUT2D eigenvalue weighted by Crippen LogP contribution is -2.27. The Hall–Kier alpha value is -3.61. The Morgan fingerprint density at radius 3 is 2.48 bits per heavy atom. The van der Waals surface area contributed by atoms with Crippen LogP contribution in [0.5, 0.6) is 11.5 Å². The zero-order valence-corrected chi connectivity index (χ0v) is 16.3. The van der Waals surface area contributed by atoms with Crippen molar-refractivity contribution < 1.29 is 14.3 Å². The number of ether oxygens (including phenoxy) is 2. The quantitative estimate of drug-likeness (QED) is 0.516. The summed E-state index contributed by atoms with van der Waals surface area (Å²) < 4.78 is 10.8. The standard InChI is InChI=1S/C22H24N4O3/c1-28-18-7-9-19(10-8-18)29-16-15-25-22-24-14-12-20(26-22)21(27)23-13-11-17-5-3-2-4-6-17/h2-10,12,14H,11,13,15-16H2,1H3,(H,23,27)(H,24,25,26). The first-order valence-corrected chi connectivity index (χ1v) is 9.40. The molecule has 0 atom stereocenters. The summed E-state index contributed by atoms with van der Waals surface area (Å²) in [6, 6.07) is 19.0. The van der Waals surface area contributed by atoms with Crippen LogP contribution in [0.3, 0.4) is 0 Å². The number of hydrogen-bond donors (Lipinski definition) is 2. The molecular formula is C22H24N4O3. The van der Waals surface area contributed by atoms with Crippen molar-refractivity contribution >= 4 is 11.9 Å². The number of carbonyl (C=O) groups excluding carboxylic acids is 1. The van der Waals surface area contributed by atoms with Gasteiger partial charge in [0.25, 0.3) is 5.91 Å². The van der Waals surface area contributed by atoms with Crippen molar-refractivity contribution in [1.82, 2.24) is 15.3 Å². The predicted octanol–water partition coefficient (Wildman–Crippen LogP) is 2.95. The van der Waals surface area contributed by atoms with Crippen LogP contribution in [0.4, 0.5) is 5.95 Å². The Bertz CT molecular complexity index is 901. The molecule has 3 aromatic rings. The molecule has 7 heteroatoms. The second kappa shape index (κ2) is 10.7. The van der Waals surface area contributed by atoms with E-state index in [2.05, 4.69) is 20.6 Å². The van der Waals surface area contributed by atoms with Crippen molar-refractivity contribution in [1.29, 1.82) is 0 Å². The van der Waals surface area contributed by atoms with Crippen molar-refractivity contribution in [3.8, 4) is 11.5 Å². The highest BCUT2D eigenvalue weighted by Gasteiger charge is 2.08. The zero-order chi connectivity index (χ0) is 20.3. The Labute approximate surface area is 170 Å². The van der Waals surface area contributed by atoms with Gasteiger partial charge in [0.05, 0.1) is 13.7 Å². The van der Waals surface area contributed by atoms with E-state index in [1.165, 1.54) is 5.56 Å². The van der Waals surface area contributed by atoms with Crippen molar-refractivity contribution in [2.75, 3.05) is 32.1 Å². The maximum absolute atomic E-state index is 12.3. The molecule has 2 aromatic carbocycles. The van der Waals surface area contributed by atoms with E-state index >= 15 is 0 Å². The fourth-order valence-electron chi connectivity index (χ4n) is 2.63. The molecule has 1 aromatic heterocycles. The molecule has 0 aliphatic carbocycles. The number of hydrogen-bond acceptors (Lipinski definition) is 6. The van der Waals surface area contributed by atoms with Gasteiger partial charge in [-0.05, 0) is 42.3 Å². The SMILES string of the molecule is COc1ccc(OCCNc2nccc(C(=O)NCCc3ccccc3)n2)cc1. The van der Waals surface area contributed by atoms with Gasteiger partial charge in [0.1, 0.15) is 23.8 Å². The monoisotopic (exact) mass is 392 g/mol. The molecule has 0 saturated carbocycles. The van der Waals surface area contributed by atoms with Gasteiger partial charge in [0, 0.05) is 12.7 Å². The summed E-state index contributed by atoms with van der Waals surface area (Å²) in [5.74, 6) is 1.70. The van der Waals surface area contributed by atoms with Crippen molar-refractivity contribution in [3.63, 3.8) is 0 Å². The Kier molecular flexibility index (Phi) is 7.40. The minimum Gasteiger partial charge on any atom is -0.497 e. The predicted molar refractivity (Wildman–Crippen MR) is 111 cm³/mol. The van der Waals surface area contributed by atoms with E-state index in [0.29, 0.717) is 31.3 Å². The van der Waals surface area contributed by atoms with Gasteiger partial charge in [-0.15, -0.1) is 0 Å². The lowest BCUT2D eigenvalue weighted by molar-refractivity contribution is 0.0949. The molecule has 1 heterocycles. The number of nitrogens with one attached hydrogen (secondary N) is 2. The molecule has 1 amide bonds. The lowest BCUT2D eigenvalue weighted by atomic mass is 10.1. The van der Waals surface area contributed by atoms with Gasteiger partial charge in [-0.1, -0.05) is 30.3 Å². The van der Waals surface area contributed by atoms with E-state index in [4.69, 9.17) is 9.47 Å². The molecule has 150 valence electrons. The third-order valence-corrected chi connectivity index (χ3v) is 4.14. The summed E-state index contributed by atoms with van der Waals surface area (Å²) in [5.41, 5.74) is 1.50. The number of aromatic nitrogens is 2. The average Bonchev–Trinajstić information content (AvgIpc) is 2.78. The molecule has 0 spiro atoms. The number of rotatable bonds is 10. The minimum atomic E-state index is -0.221. The summed E-state index contributed by atoms with van der Waals surface area (Å²) in [7, 11) is 1.62. The lowest BCUT2D eigenvalue weighted by Gasteiger charge is -2.09. The molecule has 7 nitrogen and oxygen atoms in total. The van der Waals surface area contributed by atoms with Gasteiger partial charge in [0.15, 0.2) is 0 Å². The molecule has 0 radical (unpaired) electrons. The largest absolute Gasteiger partial charge is 0.497 e. The van der Waals surface area contributed by atoms with E-state index in [1.807, 2.05) is 54.6 Å². The highest BCUT2D eigenvalue weighted by molar-refractivity contribution is 5.92. The number of benzene rings is 2. The first kappa shape index (κ1) is 20.1. The molecule has 0 fully saturated rings. The van der Waals surface area contributed by atoms with Crippen LogP contribution in [-0.4, -0.2) is 42.7 Å². The molecule has 3 rings (SSSR count). The first-order chi connectivity index (χ1) is 14.2. The van der Waals surface area contributed by atoms with Crippen LogP contribution in [0.2, 0.25) is 0 Å². The summed E-state index contributed by atoms with van der Waals surface area (Å²) in [6.45, 7) is 1.49. The number of carbonyl (C=O) groups is 1. The van der Waals surface area contributed by atoms with Crippen LogP contribution in [0.15, 0.2) is 66.9 Å². The fourth-order valence-corrected chi connectivity index (χ4v) is 2.63. The smallest absolute Gasteiger partial charge is 0.270 e. The second-order valence-corrected chi connectivity index (χ2v) is 6.21. The molecule has 0 bridgehead atoms. The molecule has 2 N–H and O–H groups in total. The molecule has 0 unspecified atom stereocenters. The second-order valence-electron chi connectivity index (χ2n) is 6.21. The van der Waals surface area contributed by atoms with E-state index < -0.39 is 0 Å². The Morgan fingerprint density at radius 2 is 1.72 bits per heavy atom. The van der Waals surface area contributed by atoms with Crippen molar-refractivity contribution in [2.24, 2.45) is 0 Å². The average molecular weight is 392 g/mol. The molecule has 0 aliphatic heterocycles. The van der Waals surface area contributed by atoms with Gasteiger partial charge in [0.2, 0.25) is 5.95 Å². The molecule has 0 saturated heterocycles. The molecular weight excluding hydrogens is 368 g/mol. The summed E-state index contributed by atoms with van der Waals surface area (Å²) in [4.78, 5) is 20.7. The number of anilines is 1. The first-order valence-electron chi connectivity index (χ1n) is 9.40. The van der Waals surface area contributed by atoms with E-state index in [0.717, 1.165) is 17.9 Å². The Balaban J connectivity index is 1.41. The zero-order valence-electron chi connectivity index (χ0n) is 16.3. The van der Waals surface area contributed by atoms with E-state index in [9.17, 15) is 4.79 Å². The van der Waals surface area contributed by atoms with Gasteiger partial charge in [-0.25, -0.2) is 9.97 Å². The highest BCUT2D eigenvalue weighted by Crippen LogP contribution is 2.16. The van der Waals surface area contributed by atoms with Crippen LogP contribution < -0.4 is 20.1 Å². The minimum absolute atomic E-state index is 0.221. The van der Waals surface area contributed by atoms with Crippen LogP contribution in [0.25, 0.3) is 0 Å². The third-order valence-electron chi connectivity index (χ3n) is 4.14. The van der Waals surface area contributed by atoms with Gasteiger partial charge >= 0.3 is 0 Å². The van der Waals surface area contributed by atoms with Gasteiger partial charge in [-0.3, -0.25) is 4.79 Å². The van der Waals surface area contributed by atoms with Crippen LogP contribution in [0, 0.1) is 0 Å². The summed E-state index contributed by atoms with van der Waals surface area (Å²) >= 11 is 0. The van der Waals surface area contributed by atoms with Crippen LogP contribution >= 0.6 is 0 Å².